The van der Waals surface area contributed by atoms with E-state index in [1.807, 2.05) is 0 Å². The number of carbonyl (C=O) groups is 3. The number of ether oxygens (including phenoxy) is 3. The van der Waals surface area contributed by atoms with E-state index in [4.69, 9.17) is 14.2 Å². The fourth-order valence-electron chi connectivity index (χ4n) is 10.2. The quantitative estimate of drug-likeness (QED) is 0.0343. The second kappa shape index (κ2) is 57.1. The lowest BCUT2D eigenvalue weighted by atomic mass is 10.0. The normalized spacial score (nSPS) is 12.1. The van der Waals surface area contributed by atoms with E-state index in [2.05, 4.69) is 41.5 Å². The molecule has 72 heavy (non-hydrogen) atoms. The zero-order chi connectivity index (χ0) is 52.6. The van der Waals surface area contributed by atoms with Gasteiger partial charge < -0.3 is 14.2 Å². The van der Waals surface area contributed by atoms with Crippen molar-refractivity contribution in [1.29, 1.82) is 0 Å². The van der Waals surface area contributed by atoms with E-state index < -0.39 is 6.10 Å². The Labute approximate surface area is 450 Å². The Morgan fingerprint density at radius 2 is 0.403 bits per heavy atom. The third-order valence-corrected chi connectivity index (χ3v) is 15.1. The molecule has 0 rings (SSSR count). The van der Waals surface area contributed by atoms with E-state index in [0.29, 0.717) is 19.3 Å². The fraction of sp³-hybridized carbons (Fsp3) is 0.955. The van der Waals surface area contributed by atoms with Gasteiger partial charge in [-0.25, -0.2) is 0 Å². The summed E-state index contributed by atoms with van der Waals surface area (Å²) in [4.78, 5) is 38.3. The minimum absolute atomic E-state index is 0.0624. The number of esters is 3. The highest BCUT2D eigenvalue weighted by Crippen LogP contribution is 2.19. The second-order valence-corrected chi connectivity index (χ2v) is 24.2. The molecular weight excluding hydrogens is 889 g/mol. The first-order valence-corrected chi connectivity index (χ1v) is 32.6. The molecule has 6 nitrogen and oxygen atoms in total. The van der Waals surface area contributed by atoms with Gasteiger partial charge in [0.25, 0.3) is 0 Å². The van der Waals surface area contributed by atoms with Crippen LogP contribution in [0.25, 0.3) is 0 Å². The average molecular weight is 1020 g/mol. The van der Waals surface area contributed by atoms with Crippen molar-refractivity contribution in [3.05, 3.63) is 0 Å². The fourth-order valence-corrected chi connectivity index (χ4v) is 10.2. The molecule has 0 aromatic rings. The Kier molecular flexibility index (Phi) is 55.9. The molecule has 0 fully saturated rings. The predicted molar refractivity (Wildman–Crippen MR) is 312 cm³/mol. The van der Waals surface area contributed by atoms with E-state index >= 15 is 0 Å². The van der Waals surface area contributed by atoms with E-state index in [1.165, 1.54) is 250 Å². The van der Waals surface area contributed by atoms with Crippen LogP contribution in [0.3, 0.4) is 0 Å². The number of carbonyl (C=O) groups excluding carboxylic acids is 3. The summed E-state index contributed by atoms with van der Waals surface area (Å²) in [5.74, 6) is 1.71. The van der Waals surface area contributed by atoms with E-state index in [0.717, 1.165) is 75.5 Å². The molecule has 0 bridgehead atoms. The van der Waals surface area contributed by atoms with Crippen LogP contribution >= 0.6 is 0 Å². The third-order valence-electron chi connectivity index (χ3n) is 15.1. The highest BCUT2D eigenvalue weighted by molar-refractivity contribution is 5.71. The Bertz CT molecular complexity index is 1120. The predicted octanol–water partition coefficient (Wildman–Crippen LogP) is 21.8. The molecule has 6 heteroatoms. The van der Waals surface area contributed by atoms with Crippen molar-refractivity contribution in [2.45, 2.75) is 375 Å². The van der Waals surface area contributed by atoms with Crippen LogP contribution in [-0.2, 0) is 28.6 Å². The Hall–Kier alpha value is -1.59. The Morgan fingerprint density at radius 1 is 0.236 bits per heavy atom. The number of hydrogen-bond acceptors (Lipinski definition) is 6. The van der Waals surface area contributed by atoms with Gasteiger partial charge in [0.2, 0.25) is 0 Å². The topological polar surface area (TPSA) is 78.9 Å². The molecular formula is C66H128O6. The average Bonchev–Trinajstić information content (AvgIpc) is 3.34. The van der Waals surface area contributed by atoms with Crippen LogP contribution in [0.5, 0.6) is 0 Å². The molecule has 0 aliphatic heterocycles. The van der Waals surface area contributed by atoms with Gasteiger partial charge in [-0.05, 0) is 37.0 Å². The minimum atomic E-state index is -0.765. The van der Waals surface area contributed by atoms with Gasteiger partial charge in [0.05, 0.1) is 0 Å². The van der Waals surface area contributed by atoms with Gasteiger partial charge in [-0.1, -0.05) is 330 Å². The molecule has 0 aromatic carbocycles. The second-order valence-electron chi connectivity index (χ2n) is 24.2. The zero-order valence-electron chi connectivity index (χ0n) is 49.7. The van der Waals surface area contributed by atoms with Gasteiger partial charge in [0, 0.05) is 19.3 Å². The standard InChI is InChI=1S/C66H128O6/c1-60(2)52-46-40-34-28-22-16-11-9-7-8-10-12-19-25-31-37-43-49-55-64(67)70-58-63(72-66(69)57-51-45-39-33-27-21-15-18-24-30-36-42-48-54-62(5)6)59-71-65(68)56-50-44-38-32-26-20-14-13-17-23-29-35-41-47-53-61(3)4/h60-63H,7-59H2,1-6H3/t63-/m0/s1. The zero-order valence-corrected chi connectivity index (χ0v) is 49.7. The van der Waals surface area contributed by atoms with Crippen LogP contribution in [0.2, 0.25) is 0 Å². The van der Waals surface area contributed by atoms with Crippen molar-refractivity contribution in [3.8, 4) is 0 Å². The van der Waals surface area contributed by atoms with Gasteiger partial charge in [0.15, 0.2) is 6.10 Å². The SMILES string of the molecule is CC(C)CCCCCCCCCCCCCCCCCCCCC(=O)OC[C@@H](COC(=O)CCCCCCCCCCCCCCCCC(C)C)OC(=O)CCCCCCCCCCCCCCCC(C)C. The summed E-state index contributed by atoms with van der Waals surface area (Å²) in [6, 6.07) is 0. The van der Waals surface area contributed by atoms with Crippen molar-refractivity contribution >= 4 is 17.9 Å². The summed E-state index contributed by atoms with van der Waals surface area (Å²) in [7, 11) is 0. The van der Waals surface area contributed by atoms with E-state index in [-0.39, 0.29) is 31.1 Å². The minimum Gasteiger partial charge on any atom is -0.462 e. The maximum atomic E-state index is 12.9. The molecule has 0 aliphatic carbocycles. The van der Waals surface area contributed by atoms with Gasteiger partial charge >= 0.3 is 17.9 Å². The highest BCUT2D eigenvalue weighted by Gasteiger charge is 2.19. The van der Waals surface area contributed by atoms with Crippen molar-refractivity contribution in [2.24, 2.45) is 17.8 Å². The van der Waals surface area contributed by atoms with Crippen molar-refractivity contribution < 1.29 is 28.6 Å². The lowest BCUT2D eigenvalue weighted by Crippen LogP contribution is -2.30. The van der Waals surface area contributed by atoms with Gasteiger partial charge in [0.1, 0.15) is 13.2 Å². The largest absolute Gasteiger partial charge is 0.462 e. The molecule has 428 valence electrons. The lowest BCUT2D eigenvalue weighted by molar-refractivity contribution is -0.167. The van der Waals surface area contributed by atoms with Crippen LogP contribution < -0.4 is 0 Å². The number of rotatable bonds is 59. The van der Waals surface area contributed by atoms with Gasteiger partial charge in [-0.2, -0.15) is 0 Å². The monoisotopic (exact) mass is 1020 g/mol. The molecule has 0 radical (unpaired) electrons. The van der Waals surface area contributed by atoms with E-state index in [9.17, 15) is 14.4 Å². The van der Waals surface area contributed by atoms with Gasteiger partial charge in [-0.15, -0.1) is 0 Å². The summed E-state index contributed by atoms with van der Waals surface area (Å²) in [6.07, 6.45) is 62.5. The Morgan fingerprint density at radius 3 is 0.597 bits per heavy atom. The first kappa shape index (κ1) is 70.4. The van der Waals surface area contributed by atoms with Crippen molar-refractivity contribution in [1.82, 2.24) is 0 Å². The van der Waals surface area contributed by atoms with Gasteiger partial charge in [-0.3, -0.25) is 14.4 Å². The molecule has 1 atom stereocenters. The maximum absolute atomic E-state index is 12.9. The van der Waals surface area contributed by atoms with Crippen molar-refractivity contribution in [3.63, 3.8) is 0 Å². The summed E-state index contributed by atoms with van der Waals surface area (Å²) in [6.45, 7) is 13.8. The van der Waals surface area contributed by atoms with Crippen LogP contribution in [0.15, 0.2) is 0 Å². The first-order valence-electron chi connectivity index (χ1n) is 32.6. The molecule has 0 saturated heterocycles. The first-order chi connectivity index (χ1) is 35.1. The van der Waals surface area contributed by atoms with Crippen LogP contribution in [0, 0.1) is 17.8 Å². The molecule has 0 spiro atoms. The number of unbranched alkanes of at least 4 members (excludes halogenated alkanes) is 42. The molecule has 0 heterocycles. The van der Waals surface area contributed by atoms with Crippen LogP contribution in [-0.4, -0.2) is 37.2 Å². The maximum Gasteiger partial charge on any atom is 0.306 e. The van der Waals surface area contributed by atoms with Crippen LogP contribution in [0.1, 0.15) is 369 Å². The number of hydrogen-bond donors (Lipinski definition) is 0. The smallest absolute Gasteiger partial charge is 0.306 e. The molecule has 0 unspecified atom stereocenters. The van der Waals surface area contributed by atoms with Crippen LogP contribution in [0.4, 0.5) is 0 Å². The molecule has 0 aliphatic rings. The molecule has 0 aromatic heterocycles. The highest BCUT2D eigenvalue weighted by atomic mass is 16.6. The molecule has 0 N–H and O–H groups in total. The third kappa shape index (κ3) is 59.3. The summed E-state index contributed by atoms with van der Waals surface area (Å²) in [5.41, 5.74) is 0. The van der Waals surface area contributed by atoms with Crippen molar-refractivity contribution in [2.75, 3.05) is 13.2 Å². The summed E-state index contributed by atoms with van der Waals surface area (Å²) >= 11 is 0. The molecule has 0 saturated carbocycles. The summed E-state index contributed by atoms with van der Waals surface area (Å²) < 4.78 is 17.0. The summed E-state index contributed by atoms with van der Waals surface area (Å²) in [5, 5.41) is 0. The lowest BCUT2D eigenvalue weighted by Gasteiger charge is -2.18. The molecule has 0 amide bonds. The Balaban J connectivity index is 4.27. The van der Waals surface area contributed by atoms with E-state index in [1.54, 1.807) is 0 Å².